The molecular formula is C17H19NOS. The van der Waals surface area contributed by atoms with Crippen molar-refractivity contribution in [3.05, 3.63) is 65.7 Å². The summed E-state index contributed by atoms with van der Waals surface area (Å²) in [4.78, 5) is 15.5. The van der Waals surface area contributed by atoms with Gasteiger partial charge in [-0.1, -0.05) is 30.3 Å². The fraction of sp³-hybridized carbons (Fsp3) is 0.235. The van der Waals surface area contributed by atoms with Crippen molar-refractivity contribution in [3.63, 3.8) is 0 Å². The Morgan fingerprint density at radius 2 is 1.70 bits per heavy atom. The van der Waals surface area contributed by atoms with Gasteiger partial charge >= 0.3 is 0 Å². The first-order chi connectivity index (χ1) is 9.74. The minimum Gasteiger partial charge on any atom is -0.335 e. The van der Waals surface area contributed by atoms with Crippen LogP contribution in [-0.4, -0.2) is 23.6 Å². The van der Waals surface area contributed by atoms with Crippen molar-refractivity contribution in [2.75, 3.05) is 12.8 Å². The molecule has 0 aliphatic rings. The van der Waals surface area contributed by atoms with E-state index in [2.05, 4.69) is 0 Å². The summed E-state index contributed by atoms with van der Waals surface area (Å²) in [6, 6.07) is 17.9. The Labute approximate surface area is 124 Å². The number of nitrogens with zero attached hydrogens (tertiary/aromatic N) is 1. The van der Waals surface area contributed by atoms with Gasteiger partial charge in [0, 0.05) is 23.5 Å². The lowest BCUT2D eigenvalue weighted by atomic mass is 10.1. The lowest BCUT2D eigenvalue weighted by Crippen LogP contribution is -2.30. The molecule has 2 nitrogen and oxygen atoms in total. The molecule has 20 heavy (non-hydrogen) atoms. The zero-order valence-electron chi connectivity index (χ0n) is 11.9. The van der Waals surface area contributed by atoms with Crippen molar-refractivity contribution >= 4 is 17.7 Å². The normalized spacial score (nSPS) is 10.3. The minimum absolute atomic E-state index is 0.0870. The summed E-state index contributed by atoms with van der Waals surface area (Å²) in [5.41, 5.74) is 1.91. The van der Waals surface area contributed by atoms with Gasteiger partial charge < -0.3 is 4.90 Å². The van der Waals surface area contributed by atoms with E-state index in [1.165, 1.54) is 4.90 Å². The molecule has 0 aliphatic carbocycles. The number of rotatable bonds is 5. The Hall–Kier alpha value is -1.74. The standard InChI is InChI=1S/C17H19NOS/c1-3-18(13-14-7-5-4-6-8-14)17(19)15-9-11-16(20-2)12-10-15/h4-12H,3,13H2,1-2H3. The molecule has 0 atom stereocenters. The van der Waals surface area contributed by atoms with Gasteiger partial charge in [0.15, 0.2) is 0 Å². The zero-order chi connectivity index (χ0) is 14.4. The maximum atomic E-state index is 12.5. The Balaban J connectivity index is 2.12. The summed E-state index contributed by atoms with van der Waals surface area (Å²) in [7, 11) is 0. The second kappa shape index (κ2) is 7.15. The van der Waals surface area contributed by atoms with Crippen LogP contribution in [0.25, 0.3) is 0 Å². The third-order valence-electron chi connectivity index (χ3n) is 3.22. The molecule has 0 bridgehead atoms. The molecule has 0 spiro atoms. The van der Waals surface area contributed by atoms with Crippen LogP contribution in [0.2, 0.25) is 0 Å². The Morgan fingerprint density at radius 1 is 1.05 bits per heavy atom. The molecule has 0 heterocycles. The highest BCUT2D eigenvalue weighted by molar-refractivity contribution is 7.98. The zero-order valence-corrected chi connectivity index (χ0v) is 12.7. The molecule has 104 valence electrons. The van der Waals surface area contributed by atoms with E-state index < -0.39 is 0 Å². The monoisotopic (exact) mass is 285 g/mol. The van der Waals surface area contributed by atoms with Crippen molar-refractivity contribution in [2.45, 2.75) is 18.4 Å². The number of hydrogen-bond donors (Lipinski definition) is 0. The van der Waals surface area contributed by atoms with Crippen LogP contribution in [-0.2, 0) is 6.54 Å². The van der Waals surface area contributed by atoms with Crippen molar-refractivity contribution < 1.29 is 4.79 Å². The van der Waals surface area contributed by atoms with E-state index in [-0.39, 0.29) is 5.91 Å². The van der Waals surface area contributed by atoms with Crippen LogP contribution in [0.5, 0.6) is 0 Å². The second-order valence-electron chi connectivity index (χ2n) is 4.53. The molecule has 0 aliphatic heterocycles. The molecule has 2 rings (SSSR count). The average Bonchev–Trinajstić information content (AvgIpc) is 2.53. The fourth-order valence-electron chi connectivity index (χ4n) is 2.05. The van der Waals surface area contributed by atoms with Gasteiger partial charge in [0.2, 0.25) is 0 Å². The van der Waals surface area contributed by atoms with E-state index in [0.717, 1.165) is 11.1 Å². The van der Waals surface area contributed by atoms with E-state index in [0.29, 0.717) is 13.1 Å². The van der Waals surface area contributed by atoms with Crippen molar-refractivity contribution in [2.24, 2.45) is 0 Å². The SMILES string of the molecule is CCN(Cc1ccccc1)C(=O)c1ccc(SC)cc1. The molecule has 2 aromatic rings. The molecule has 0 unspecified atom stereocenters. The second-order valence-corrected chi connectivity index (χ2v) is 5.41. The smallest absolute Gasteiger partial charge is 0.254 e. The average molecular weight is 285 g/mol. The molecule has 3 heteroatoms. The summed E-state index contributed by atoms with van der Waals surface area (Å²) in [5.74, 6) is 0.0870. The van der Waals surface area contributed by atoms with Crippen LogP contribution >= 0.6 is 11.8 Å². The number of carbonyl (C=O) groups excluding carboxylic acids is 1. The van der Waals surface area contributed by atoms with Crippen LogP contribution in [0, 0.1) is 0 Å². The van der Waals surface area contributed by atoms with Crippen LogP contribution in [0.15, 0.2) is 59.5 Å². The number of carbonyl (C=O) groups is 1. The van der Waals surface area contributed by atoms with Crippen LogP contribution in [0.3, 0.4) is 0 Å². The third-order valence-corrected chi connectivity index (χ3v) is 3.97. The molecule has 0 saturated heterocycles. The molecule has 0 aromatic heterocycles. The molecular weight excluding hydrogens is 266 g/mol. The van der Waals surface area contributed by atoms with E-state index in [1.807, 2.05) is 72.7 Å². The van der Waals surface area contributed by atoms with E-state index in [9.17, 15) is 4.79 Å². The predicted molar refractivity (Wildman–Crippen MR) is 85.1 cm³/mol. The maximum Gasteiger partial charge on any atom is 0.254 e. The van der Waals surface area contributed by atoms with Gasteiger partial charge in [0.1, 0.15) is 0 Å². The third kappa shape index (κ3) is 3.64. The van der Waals surface area contributed by atoms with Gasteiger partial charge in [-0.25, -0.2) is 0 Å². The van der Waals surface area contributed by atoms with E-state index >= 15 is 0 Å². The van der Waals surface area contributed by atoms with Crippen molar-refractivity contribution in [1.29, 1.82) is 0 Å². The summed E-state index contributed by atoms with van der Waals surface area (Å²) in [6.45, 7) is 3.37. The van der Waals surface area contributed by atoms with Gasteiger partial charge in [-0.05, 0) is 43.0 Å². The highest BCUT2D eigenvalue weighted by Gasteiger charge is 2.14. The Bertz CT molecular complexity index is 551. The lowest BCUT2D eigenvalue weighted by Gasteiger charge is -2.21. The lowest BCUT2D eigenvalue weighted by molar-refractivity contribution is 0.0752. The highest BCUT2D eigenvalue weighted by Crippen LogP contribution is 2.16. The maximum absolute atomic E-state index is 12.5. The number of benzene rings is 2. The molecule has 1 amide bonds. The summed E-state index contributed by atoms with van der Waals surface area (Å²) >= 11 is 1.68. The number of amides is 1. The minimum atomic E-state index is 0.0870. The number of hydrogen-bond acceptors (Lipinski definition) is 2. The summed E-state index contributed by atoms with van der Waals surface area (Å²) < 4.78 is 0. The fourth-order valence-corrected chi connectivity index (χ4v) is 2.46. The van der Waals surface area contributed by atoms with Crippen LogP contribution < -0.4 is 0 Å². The van der Waals surface area contributed by atoms with Crippen molar-refractivity contribution in [3.8, 4) is 0 Å². The van der Waals surface area contributed by atoms with Crippen molar-refractivity contribution in [1.82, 2.24) is 4.90 Å². The summed E-state index contributed by atoms with van der Waals surface area (Å²) in [6.07, 6.45) is 2.03. The Morgan fingerprint density at radius 3 is 2.25 bits per heavy atom. The predicted octanol–water partition coefficient (Wildman–Crippen LogP) is 4.07. The highest BCUT2D eigenvalue weighted by atomic mass is 32.2. The van der Waals surface area contributed by atoms with Gasteiger partial charge in [0.25, 0.3) is 5.91 Å². The molecule has 2 aromatic carbocycles. The molecule has 0 radical (unpaired) electrons. The van der Waals surface area contributed by atoms with Crippen LogP contribution in [0.1, 0.15) is 22.8 Å². The molecule has 0 saturated carbocycles. The first kappa shape index (κ1) is 14.7. The van der Waals surface area contributed by atoms with E-state index in [1.54, 1.807) is 11.8 Å². The summed E-state index contributed by atoms with van der Waals surface area (Å²) in [5, 5.41) is 0. The first-order valence-corrected chi connectivity index (χ1v) is 7.94. The molecule has 0 N–H and O–H groups in total. The van der Waals surface area contributed by atoms with Gasteiger partial charge in [-0.2, -0.15) is 0 Å². The van der Waals surface area contributed by atoms with Crippen LogP contribution in [0.4, 0.5) is 0 Å². The Kier molecular flexibility index (Phi) is 5.24. The van der Waals surface area contributed by atoms with Gasteiger partial charge in [-0.15, -0.1) is 11.8 Å². The first-order valence-electron chi connectivity index (χ1n) is 6.72. The quantitative estimate of drug-likeness (QED) is 0.772. The van der Waals surface area contributed by atoms with E-state index in [4.69, 9.17) is 0 Å². The largest absolute Gasteiger partial charge is 0.335 e. The number of thioether (sulfide) groups is 1. The topological polar surface area (TPSA) is 20.3 Å². The van der Waals surface area contributed by atoms with Gasteiger partial charge in [0.05, 0.1) is 0 Å². The van der Waals surface area contributed by atoms with Gasteiger partial charge in [-0.3, -0.25) is 4.79 Å². The molecule has 0 fully saturated rings.